The third-order valence-corrected chi connectivity index (χ3v) is 5.92. The SMILES string of the molecule is Cn1nc(CC2C3CC4CC(C3)CC2C4)nc1CN. The highest BCUT2D eigenvalue weighted by Gasteiger charge is 2.48. The first-order valence-corrected chi connectivity index (χ1v) is 7.81. The molecule has 19 heavy (non-hydrogen) atoms. The van der Waals surface area contributed by atoms with E-state index in [1.807, 2.05) is 11.7 Å². The average molecular weight is 260 g/mol. The molecular weight excluding hydrogens is 236 g/mol. The largest absolute Gasteiger partial charge is 0.324 e. The van der Waals surface area contributed by atoms with Crippen LogP contribution >= 0.6 is 0 Å². The van der Waals surface area contributed by atoms with Gasteiger partial charge in [-0.3, -0.25) is 4.68 Å². The molecule has 4 nitrogen and oxygen atoms in total. The van der Waals surface area contributed by atoms with Crippen LogP contribution in [0.15, 0.2) is 0 Å². The van der Waals surface area contributed by atoms with Crippen LogP contribution in [0.4, 0.5) is 0 Å². The number of aryl methyl sites for hydroxylation is 1. The summed E-state index contributed by atoms with van der Waals surface area (Å²) in [6, 6.07) is 0. The maximum Gasteiger partial charge on any atom is 0.151 e. The molecule has 0 amide bonds. The Kier molecular flexibility index (Phi) is 2.69. The molecule has 0 aromatic carbocycles. The predicted octanol–water partition coefficient (Wildman–Crippen LogP) is 1.89. The maximum absolute atomic E-state index is 5.69. The molecule has 1 heterocycles. The number of rotatable bonds is 3. The lowest BCUT2D eigenvalue weighted by atomic mass is 9.51. The average Bonchev–Trinajstić information content (AvgIpc) is 2.73. The molecule has 0 saturated heterocycles. The Balaban J connectivity index is 1.53. The summed E-state index contributed by atoms with van der Waals surface area (Å²) < 4.78 is 1.85. The van der Waals surface area contributed by atoms with Crippen molar-refractivity contribution in [2.45, 2.75) is 45.1 Å². The Morgan fingerprint density at radius 1 is 1.11 bits per heavy atom. The van der Waals surface area contributed by atoms with Crippen molar-refractivity contribution >= 4 is 0 Å². The molecule has 0 aliphatic heterocycles. The fraction of sp³-hybridized carbons (Fsp3) is 0.867. The van der Waals surface area contributed by atoms with Crippen molar-refractivity contribution in [1.82, 2.24) is 14.8 Å². The van der Waals surface area contributed by atoms with Crippen LogP contribution in [0.1, 0.15) is 43.8 Å². The summed E-state index contributed by atoms with van der Waals surface area (Å²) in [5, 5.41) is 4.56. The van der Waals surface area contributed by atoms with Crippen molar-refractivity contribution in [3.63, 3.8) is 0 Å². The van der Waals surface area contributed by atoms with Gasteiger partial charge in [0.25, 0.3) is 0 Å². The van der Waals surface area contributed by atoms with Crippen LogP contribution in [0, 0.1) is 29.6 Å². The van der Waals surface area contributed by atoms with Crippen molar-refractivity contribution < 1.29 is 0 Å². The molecule has 4 fully saturated rings. The van der Waals surface area contributed by atoms with Crippen molar-refractivity contribution in [3.05, 3.63) is 11.6 Å². The number of hydrogen-bond donors (Lipinski definition) is 1. The fourth-order valence-corrected chi connectivity index (χ4v) is 5.32. The van der Waals surface area contributed by atoms with Crippen molar-refractivity contribution in [3.8, 4) is 0 Å². The van der Waals surface area contributed by atoms with Crippen LogP contribution in [-0.2, 0) is 20.0 Å². The van der Waals surface area contributed by atoms with E-state index in [9.17, 15) is 0 Å². The van der Waals surface area contributed by atoms with Gasteiger partial charge in [-0.2, -0.15) is 5.10 Å². The summed E-state index contributed by atoms with van der Waals surface area (Å²) >= 11 is 0. The number of aromatic nitrogens is 3. The van der Waals surface area contributed by atoms with Crippen LogP contribution in [0.5, 0.6) is 0 Å². The maximum atomic E-state index is 5.69. The summed E-state index contributed by atoms with van der Waals surface area (Å²) in [4.78, 5) is 4.61. The Labute approximate surface area is 114 Å². The van der Waals surface area contributed by atoms with Gasteiger partial charge in [0.1, 0.15) is 5.82 Å². The summed E-state index contributed by atoms with van der Waals surface area (Å²) in [7, 11) is 1.95. The summed E-state index contributed by atoms with van der Waals surface area (Å²) in [6.07, 6.45) is 8.53. The first kappa shape index (κ1) is 11.9. The third-order valence-electron chi connectivity index (χ3n) is 5.92. The van der Waals surface area contributed by atoms with Gasteiger partial charge < -0.3 is 5.73 Å². The number of hydrogen-bond acceptors (Lipinski definition) is 3. The second kappa shape index (κ2) is 4.30. The minimum Gasteiger partial charge on any atom is -0.324 e. The predicted molar refractivity (Wildman–Crippen MR) is 73.1 cm³/mol. The van der Waals surface area contributed by atoms with E-state index in [-0.39, 0.29) is 0 Å². The van der Waals surface area contributed by atoms with Gasteiger partial charge in [-0.1, -0.05) is 0 Å². The number of nitrogens with zero attached hydrogens (tertiary/aromatic N) is 3. The standard InChI is InChI=1S/C15H24N4/c1-19-15(8-16)17-14(18-19)7-13-11-3-9-2-10(5-11)6-12(13)4-9/h9-13H,2-8,16H2,1H3. The highest BCUT2D eigenvalue weighted by molar-refractivity contribution is 5.02. The van der Waals surface area contributed by atoms with Gasteiger partial charge in [-0.15, -0.1) is 0 Å². The Morgan fingerprint density at radius 2 is 1.74 bits per heavy atom. The molecule has 0 radical (unpaired) electrons. The monoisotopic (exact) mass is 260 g/mol. The molecule has 1 aromatic rings. The lowest BCUT2D eigenvalue weighted by molar-refractivity contribution is -0.0367. The molecule has 104 valence electrons. The highest BCUT2D eigenvalue weighted by atomic mass is 15.3. The van der Waals surface area contributed by atoms with Gasteiger partial charge in [0, 0.05) is 13.5 Å². The lowest BCUT2D eigenvalue weighted by Gasteiger charge is -2.54. The van der Waals surface area contributed by atoms with Crippen LogP contribution in [0.25, 0.3) is 0 Å². The van der Waals surface area contributed by atoms with Crippen LogP contribution in [0.3, 0.4) is 0 Å². The third kappa shape index (κ3) is 1.92. The van der Waals surface area contributed by atoms with Crippen LogP contribution in [0.2, 0.25) is 0 Å². The molecule has 0 spiro atoms. The summed E-state index contributed by atoms with van der Waals surface area (Å²) in [5.41, 5.74) is 5.69. The van der Waals surface area contributed by atoms with Gasteiger partial charge in [-0.05, 0) is 61.7 Å². The zero-order valence-corrected chi connectivity index (χ0v) is 11.8. The summed E-state index contributed by atoms with van der Waals surface area (Å²) in [5.74, 6) is 6.81. The number of nitrogens with two attached hydrogens (primary N) is 1. The highest BCUT2D eigenvalue weighted by Crippen LogP contribution is 2.57. The first-order chi connectivity index (χ1) is 9.22. The van der Waals surface area contributed by atoms with E-state index in [1.165, 1.54) is 32.1 Å². The van der Waals surface area contributed by atoms with Gasteiger partial charge in [0.05, 0.1) is 6.54 Å². The molecule has 4 aliphatic carbocycles. The second-order valence-electron chi connectivity index (χ2n) is 7.07. The second-order valence-corrected chi connectivity index (χ2v) is 7.07. The van der Waals surface area contributed by atoms with Crippen molar-refractivity contribution in [2.24, 2.45) is 42.4 Å². The molecule has 0 unspecified atom stereocenters. The van der Waals surface area contributed by atoms with E-state index in [0.717, 1.165) is 47.7 Å². The smallest absolute Gasteiger partial charge is 0.151 e. The zero-order valence-electron chi connectivity index (χ0n) is 11.8. The Hall–Kier alpha value is -0.900. The Morgan fingerprint density at radius 3 is 2.26 bits per heavy atom. The van der Waals surface area contributed by atoms with Gasteiger partial charge in [0.2, 0.25) is 0 Å². The minimum absolute atomic E-state index is 0.491. The first-order valence-electron chi connectivity index (χ1n) is 7.81. The molecular formula is C15H24N4. The quantitative estimate of drug-likeness (QED) is 0.903. The molecule has 2 N–H and O–H groups in total. The lowest BCUT2D eigenvalue weighted by Crippen LogP contribution is -2.45. The van der Waals surface area contributed by atoms with Crippen LogP contribution in [-0.4, -0.2) is 14.8 Å². The van der Waals surface area contributed by atoms with Crippen molar-refractivity contribution in [1.29, 1.82) is 0 Å². The molecule has 1 aromatic heterocycles. The van der Waals surface area contributed by atoms with Gasteiger partial charge in [-0.25, -0.2) is 4.98 Å². The van der Waals surface area contributed by atoms with Gasteiger partial charge in [0.15, 0.2) is 5.82 Å². The molecule has 0 atom stereocenters. The van der Waals surface area contributed by atoms with E-state index in [0.29, 0.717) is 6.54 Å². The normalized spacial score (nSPS) is 40.0. The van der Waals surface area contributed by atoms with Crippen LogP contribution < -0.4 is 5.73 Å². The van der Waals surface area contributed by atoms with Crippen molar-refractivity contribution in [2.75, 3.05) is 0 Å². The minimum atomic E-state index is 0.491. The molecule has 4 saturated carbocycles. The van der Waals surface area contributed by atoms with E-state index in [4.69, 9.17) is 5.73 Å². The summed E-state index contributed by atoms with van der Waals surface area (Å²) in [6.45, 7) is 0.491. The van der Waals surface area contributed by atoms with E-state index < -0.39 is 0 Å². The molecule has 5 rings (SSSR count). The fourth-order valence-electron chi connectivity index (χ4n) is 5.32. The van der Waals surface area contributed by atoms with E-state index in [2.05, 4.69) is 10.1 Å². The van der Waals surface area contributed by atoms with E-state index >= 15 is 0 Å². The molecule has 4 bridgehead atoms. The molecule has 4 aliphatic rings. The zero-order chi connectivity index (χ0) is 13.0. The Bertz CT molecular complexity index is 450. The van der Waals surface area contributed by atoms with E-state index in [1.54, 1.807) is 0 Å². The molecule has 4 heteroatoms. The topological polar surface area (TPSA) is 56.7 Å². The van der Waals surface area contributed by atoms with Gasteiger partial charge >= 0.3 is 0 Å².